The summed E-state index contributed by atoms with van der Waals surface area (Å²) >= 11 is 0. The molecule has 0 radical (unpaired) electrons. The number of benzene rings is 2. The smallest absolute Gasteiger partial charge is 0.256 e. The minimum absolute atomic E-state index is 0.215. The Balaban J connectivity index is 1.81. The van der Waals surface area contributed by atoms with Crippen molar-refractivity contribution in [3.8, 4) is 5.75 Å². The van der Waals surface area contributed by atoms with E-state index in [-0.39, 0.29) is 5.91 Å². The molecule has 0 aliphatic heterocycles. The monoisotopic (exact) mass is 345 g/mol. The molecule has 4 nitrogen and oxygen atoms in total. The molecule has 0 fully saturated rings. The fourth-order valence-corrected chi connectivity index (χ4v) is 2.40. The first-order valence-electron chi connectivity index (χ1n) is 8.22. The van der Waals surface area contributed by atoms with E-state index in [9.17, 15) is 4.79 Å². The first-order valence-corrected chi connectivity index (χ1v) is 8.22. The second-order valence-electron chi connectivity index (χ2n) is 5.52. The predicted molar refractivity (Wildman–Crippen MR) is 104 cm³/mol. The summed E-state index contributed by atoms with van der Waals surface area (Å²) in [4.78, 5) is 12.8. The van der Waals surface area contributed by atoms with Crippen molar-refractivity contribution >= 4 is 23.2 Å². The molecule has 0 atom stereocenters. The Labute approximate surface area is 152 Å². The lowest BCUT2D eigenvalue weighted by molar-refractivity contribution is -0.111. The van der Waals surface area contributed by atoms with Crippen LogP contribution in [0.5, 0.6) is 5.75 Å². The number of hydrogen-bond acceptors (Lipinski definition) is 3. The Hall–Kier alpha value is -3.53. The number of carbonyl (C=O) groups is 1. The van der Waals surface area contributed by atoms with Gasteiger partial charge in [-0.1, -0.05) is 43.0 Å². The fourth-order valence-electron chi connectivity index (χ4n) is 2.40. The summed E-state index contributed by atoms with van der Waals surface area (Å²) in [5.74, 6) is 1.12. The van der Waals surface area contributed by atoms with Gasteiger partial charge in [-0.25, -0.2) is 0 Å². The molecule has 0 bridgehead atoms. The zero-order valence-electron chi connectivity index (χ0n) is 14.2. The number of nitrogens with one attached hydrogen (secondary N) is 1. The normalized spacial score (nSPS) is 11.0. The highest BCUT2D eigenvalue weighted by molar-refractivity contribution is 6.29. The van der Waals surface area contributed by atoms with Gasteiger partial charge in [-0.15, -0.1) is 0 Å². The van der Waals surface area contributed by atoms with Crippen molar-refractivity contribution in [1.29, 1.82) is 0 Å². The number of hydrogen-bond donors (Lipinski definition) is 1. The molecule has 1 N–H and O–H groups in total. The standard InChI is InChI=1S/C22H19NO3/c1-2-14-25-19-12-10-18(11-13-19)23-22(24)21(16-20-9-6-15-26-20)17-7-4-3-5-8-17/h2-13,15-16H,1,14H2,(H,23,24)/b21-16+. The average molecular weight is 345 g/mol. The first-order chi connectivity index (χ1) is 12.8. The van der Waals surface area contributed by atoms with E-state index >= 15 is 0 Å². The Morgan fingerprint density at radius 1 is 1.04 bits per heavy atom. The minimum Gasteiger partial charge on any atom is -0.490 e. The van der Waals surface area contributed by atoms with Crippen LogP contribution in [0.3, 0.4) is 0 Å². The third kappa shape index (κ3) is 4.51. The van der Waals surface area contributed by atoms with Crippen LogP contribution in [0.2, 0.25) is 0 Å². The molecule has 0 aliphatic carbocycles. The lowest BCUT2D eigenvalue weighted by atomic mass is 10.0. The first kappa shape index (κ1) is 17.3. The molecule has 4 heteroatoms. The second-order valence-corrected chi connectivity index (χ2v) is 5.52. The molecular weight excluding hydrogens is 326 g/mol. The van der Waals surface area contributed by atoms with Gasteiger partial charge in [0.25, 0.3) is 5.91 Å². The van der Waals surface area contributed by atoms with Gasteiger partial charge < -0.3 is 14.5 Å². The van der Waals surface area contributed by atoms with Gasteiger partial charge in [-0.05, 0) is 48.0 Å². The molecule has 0 saturated carbocycles. The molecule has 0 saturated heterocycles. The highest BCUT2D eigenvalue weighted by atomic mass is 16.5. The fraction of sp³-hybridized carbons (Fsp3) is 0.0455. The molecule has 0 aliphatic rings. The van der Waals surface area contributed by atoms with E-state index in [0.29, 0.717) is 23.6 Å². The molecule has 1 heterocycles. The predicted octanol–water partition coefficient (Wildman–Crippen LogP) is 5.02. The van der Waals surface area contributed by atoms with Gasteiger partial charge in [0, 0.05) is 5.69 Å². The molecule has 0 spiro atoms. The summed E-state index contributed by atoms with van der Waals surface area (Å²) in [5, 5.41) is 2.91. The van der Waals surface area contributed by atoms with Crippen LogP contribution in [0.4, 0.5) is 5.69 Å². The van der Waals surface area contributed by atoms with Crippen LogP contribution < -0.4 is 10.1 Å². The zero-order chi connectivity index (χ0) is 18.2. The third-order valence-electron chi connectivity index (χ3n) is 3.64. The quantitative estimate of drug-likeness (QED) is 0.483. The van der Waals surface area contributed by atoms with Gasteiger partial charge in [0.2, 0.25) is 0 Å². The Morgan fingerprint density at radius 3 is 2.46 bits per heavy atom. The van der Waals surface area contributed by atoms with Crippen LogP contribution in [-0.4, -0.2) is 12.5 Å². The summed E-state index contributed by atoms with van der Waals surface area (Å²) in [6.07, 6.45) is 4.99. The Bertz CT molecular complexity index is 879. The lowest BCUT2D eigenvalue weighted by Gasteiger charge is -2.10. The number of furan rings is 1. The van der Waals surface area contributed by atoms with Gasteiger partial charge in [-0.3, -0.25) is 4.79 Å². The van der Waals surface area contributed by atoms with Crippen LogP contribution in [0.25, 0.3) is 11.6 Å². The molecule has 0 unspecified atom stereocenters. The third-order valence-corrected chi connectivity index (χ3v) is 3.64. The number of rotatable bonds is 7. The van der Waals surface area contributed by atoms with Crippen molar-refractivity contribution in [2.24, 2.45) is 0 Å². The average Bonchev–Trinajstić information content (AvgIpc) is 3.19. The van der Waals surface area contributed by atoms with E-state index in [4.69, 9.17) is 9.15 Å². The molecule has 26 heavy (non-hydrogen) atoms. The lowest BCUT2D eigenvalue weighted by Crippen LogP contribution is -2.13. The van der Waals surface area contributed by atoms with Gasteiger partial charge >= 0.3 is 0 Å². The van der Waals surface area contributed by atoms with Gasteiger partial charge in [0.05, 0.1) is 11.8 Å². The minimum atomic E-state index is -0.215. The van der Waals surface area contributed by atoms with Gasteiger partial charge in [0.1, 0.15) is 18.1 Å². The van der Waals surface area contributed by atoms with Crippen molar-refractivity contribution in [3.63, 3.8) is 0 Å². The molecular formula is C22H19NO3. The van der Waals surface area contributed by atoms with Gasteiger partial charge in [0.15, 0.2) is 0 Å². The van der Waals surface area contributed by atoms with E-state index in [0.717, 1.165) is 11.3 Å². The topological polar surface area (TPSA) is 51.5 Å². The molecule has 2 aromatic carbocycles. The van der Waals surface area contributed by atoms with E-state index in [1.807, 2.05) is 36.4 Å². The number of anilines is 1. The Morgan fingerprint density at radius 2 is 1.81 bits per heavy atom. The van der Waals surface area contributed by atoms with Crippen molar-refractivity contribution in [1.82, 2.24) is 0 Å². The molecule has 3 aromatic rings. The molecule has 130 valence electrons. The summed E-state index contributed by atoms with van der Waals surface area (Å²) in [5.41, 5.74) is 2.02. The second kappa shape index (κ2) is 8.53. The van der Waals surface area contributed by atoms with Crippen LogP contribution in [0.1, 0.15) is 11.3 Å². The highest BCUT2D eigenvalue weighted by Gasteiger charge is 2.13. The highest BCUT2D eigenvalue weighted by Crippen LogP contribution is 2.22. The van der Waals surface area contributed by atoms with E-state index in [1.54, 1.807) is 48.7 Å². The SMILES string of the molecule is C=CCOc1ccc(NC(=O)/C(=C/c2ccco2)c2ccccc2)cc1. The van der Waals surface area contributed by atoms with E-state index in [2.05, 4.69) is 11.9 Å². The van der Waals surface area contributed by atoms with E-state index in [1.165, 1.54) is 0 Å². The largest absolute Gasteiger partial charge is 0.490 e. The number of amides is 1. The Kier molecular flexibility index (Phi) is 5.68. The summed E-state index contributed by atoms with van der Waals surface area (Å²) in [7, 11) is 0. The maximum absolute atomic E-state index is 12.8. The molecule has 1 amide bonds. The molecule has 1 aromatic heterocycles. The summed E-state index contributed by atoms with van der Waals surface area (Å²) < 4.78 is 10.8. The van der Waals surface area contributed by atoms with Crippen LogP contribution >= 0.6 is 0 Å². The van der Waals surface area contributed by atoms with Crippen molar-refractivity contribution < 1.29 is 13.9 Å². The maximum atomic E-state index is 12.8. The van der Waals surface area contributed by atoms with Crippen LogP contribution in [0, 0.1) is 0 Å². The van der Waals surface area contributed by atoms with Gasteiger partial charge in [-0.2, -0.15) is 0 Å². The van der Waals surface area contributed by atoms with Crippen molar-refractivity contribution in [2.45, 2.75) is 0 Å². The summed E-state index contributed by atoms with van der Waals surface area (Å²) in [6, 6.07) is 20.3. The van der Waals surface area contributed by atoms with Crippen molar-refractivity contribution in [3.05, 3.63) is 97.0 Å². The van der Waals surface area contributed by atoms with Crippen molar-refractivity contribution in [2.75, 3.05) is 11.9 Å². The number of carbonyl (C=O) groups excluding carboxylic acids is 1. The van der Waals surface area contributed by atoms with Crippen LogP contribution in [-0.2, 0) is 4.79 Å². The van der Waals surface area contributed by atoms with Crippen LogP contribution in [0.15, 0.2) is 90.1 Å². The number of ether oxygens (including phenoxy) is 1. The zero-order valence-corrected chi connectivity index (χ0v) is 14.2. The molecule has 3 rings (SSSR count). The summed E-state index contributed by atoms with van der Waals surface area (Å²) in [6.45, 7) is 4.06. The van der Waals surface area contributed by atoms with E-state index < -0.39 is 0 Å². The maximum Gasteiger partial charge on any atom is 0.256 e.